The van der Waals surface area contributed by atoms with Gasteiger partial charge in [0.15, 0.2) is 5.65 Å². The predicted molar refractivity (Wildman–Crippen MR) is 111 cm³/mol. The molecule has 0 aliphatic carbocycles. The summed E-state index contributed by atoms with van der Waals surface area (Å²) in [6, 6.07) is 0.676. The molecule has 2 aliphatic rings. The molecule has 1 amide bonds. The van der Waals surface area contributed by atoms with Gasteiger partial charge in [-0.05, 0) is 37.8 Å². The zero-order valence-corrected chi connectivity index (χ0v) is 16.2. The maximum Gasteiger partial charge on any atom is 0.245 e. The van der Waals surface area contributed by atoms with Crippen LogP contribution in [0.3, 0.4) is 0 Å². The smallest absolute Gasteiger partial charge is 0.245 e. The molecule has 0 bridgehead atoms. The summed E-state index contributed by atoms with van der Waals surface area (Å²) in [7, 11) is 0. The van der Waals surface area contributed by atoms with E-state index >= 15 is 0 Å². The number of anilines is 1. The van der Waals surface area contributed by atoms with E-state index in [0.717, 1.165) is 61.6 Å². The molecule has 8 heteroatoms. The van der Waals surface area contributed by atoms with Gasteiger partial charge in [-0.15, -0.1) is 0 Å². The van der Waals surface area contributed by atoms with E-state index in [1.807, 2.05) is 11.1 Å². The topological polar surface area (TPSA) is 98.0 Å². The number of amides is 1. The van der Waals surface area contributed by atoms with Crippen LogP contribution in [-0.2, 0) is 4.79 Å². The number of hydrogen-bond acceptors (Lipinski definition) is 6. The highest BCUT2D eigenvalue weighted by atomic mass is 16.2. The zero-order valence-electron chi connectivity index (χ0n) is 16.2. The van der Waals surface area contributed by atoms with Crippen molar-refractivity contribution < 1.29 is 4.79 Å². The Morgan fingerprint density at radius 1 is 1.39 bits per heavy atom. The lowest BCUT2D eigenvalue weighted by Gasteiger charge is -2.31. The van der Waals surface area contributed by atoms with Crippen LogP contribution in [0.1, 0.15) is 31.7 Å². The van der Waals surface area contributed by atoms with E-state index in [0.29, 0.717) is 6.04 Å². The van der Waals surface area contributed by atoms with Gasteiger partial charge < -0.3 is 20.5 Å². The monoisotopic (exact) mass is 381 g/mol. The first-order valence-corrected chi connectivity index (χ1v) is 9.82. The summed E-state index contributed by atoms with van der Waals surface area (Å²) >= 11 is 0. The second kappa shape index (κ2) is 8.02. The third-order valence-corrected chi connectivity index (χ3v) is 5.42. The number of rotatable bonds is 4. The molecule has 0 aromatic carbocycles. The van der Waals surface area contributed by atoms with Gasteiger partial charge >= 0.3 is 0 Å². The molecule has 4 heterocycles. The Hall–Kier alpha value is -2.87. The fraction of sp³-hybridized carbons (Fsp3) is 0.450. The fourth-order valence-corrected chi connectivity index (χ4v) is 3.84. The van der Waals surface area contributed by atoms with Crippen LogP contribution in [0.4, 0.5) is 5.82 Å². The summed E-state index contributed by atoms with van der Waals surface area (Å²) in [6.07, 6.45) is 9.90. The maximum absolute atomic E-state index is 11.7. The van der Waals surface area contributed by atoms with Crippen molar-refractivity contribution in [2.75, 3.05) is 25.1 Å². The van der Waals surface area contributed by atoms with Gasteiger partial charge in [0, 0.05) is 43.1 Å². The van der Waals surface area contributed by atoms with Gasteiger partial charge in [-0.3, -0.25) is 10.1 Å². The average Bonchev–Trinajstić information content (AvgIpc) is 3.01. The number of fused-ring (bicyclic) bond motifs is 1. The molecule has 148 valence electrons. The lowest BCUT2D eigenvalue weighted by molar-refractivity contribution is -0.126. The Labute approximate surface area is 164 Å². The van der Waals surface area contributed by atoms with Crippen LogP contribution in [0.25, 0.3) is 16.7 Å². The first-order chi connectivity index (χ1) is 13.6. The summed E-state index contributed by atoms with van der Waals surface area (Å²) in [4.78, 5) is 26.2. The van der Waals surface area contributed by atoms with Gasteiger partial charge in [0.1, 0.15) is 11.3 Å². The van der Waals surface area contributed by atoms with Crippen LogP contribution in [0.15, 0.2) is 31.2 Å². The van der Waals surface area contributed by atoms with E-state index in [-0.39, 0.29) is 11.9 Å². The standard InChI is InChI=1S/C20H27N7O/c1-3-18(28)27-6-4-15(5-7-27)25-17-11-23-20-19(26-17)16(10-22-20)14-8-13(2)24-12-21-9-14/h3,9-11,13,15,21,24H,1,4-8,12H2,2H3,(H,22,23)(H,25,26). The van der Waals surface area contributed by atoms with Gasteiger partial charge in [-0.25, -0.2) is 9.97 Å². The summed E-state index contributed by atoms with van der Waals surface area (Å²) in [5.41, 5.74) is 3.97. The largest absolute Gasteiger partial charge is 0.378 e. The molecule has 28 heavy (non-hydrogen) atoms. The second-order valence-corrected chi connectivity index (χ2v) is 7.46. The molecule has 8 nitrogen and oxygen atoms in total. The maximum atomic E-state index is 11.7. The van der Waals surface area contributed by atoms with Crippen LogP contribution in [0.5, 0.6) is 0 Å². The van der Waals surface area contributed by atoms with Crippen molar-refractivity contribution in [1.82, 2.24) is 30.5 Å². The Morgan fingerprint density at radius 3 is 3.00 bits per heavy atom. The highest BCUT2D eigenvalue weighted by molar-refractivity contribution is 5.88. The van der Waals surface area contributed by atoms with Gasteiger partial charge in [0.25, 0.3) is 0 Å². The molecular formula is C20H27N7O. The van der Waals surface area contributed by atoms with E-state index in [2.05, 4.69) is 45.6 Å². The number of nitrogens with one attached hydrogen (secondary N) is 4. The summed E-state index contributed by atoms with van der Waals surface area (Å²) in [5.74, 6) is 0.779. The SMILES string of the molecule is C=CC(=O)N1CCC(Nc2cnc3[nH]cc(C4=CNCNC(C)C4)c3n2)CC1. The Balaban J connectivity index is 1.50. The third kappa shape index (κ3) is 3.87. The number of H-pyrrole nitrogens is 1. The van der Waals surface area contributed by atoms with E-state index in [1.54, 1.807) is 6.20 Å². The molecule has 4 rings (SSSR count). The molecule has 4 N–H and O–H groups in total. The van der Waals surface area contributed by atoms with Crippen molar-refractivity contribution in [3.05, 3.63) is 36.8 Å². The number of piperidine rings is 1. The minimum atomic E-state index is 0.00521. The number of nitrogens with zero attached hydrogens (tertiary/aromatic N) is 3. The summed E-state index contributed by atoms with van der Waals surface area (Å²) < 4.78 is 0. The van der Waals surface area contributed by atoms with E-state index in [9.17, 15) is 4.79 Å². The number of carbonyl (C=O) groups excluding carboxylic acids is 1. The van der Waals surface area contributed by atoms with Gasteiger partial charge in [0.2, 0.25) is 5.91 Å². The molecule has 1 saturated heterocycles. The fourth-order valence-electron chi connectivity index (χ4n) is 3.84. The summed E-state index contributed by atoms with van der Waals surface area (Å²) in [6.45, 7) is 7.97. The molecule has 1 atom stereocenters. The molecule has 2 aromatic rings. The van der Waals surface area contributed by atoms with Crippen LogP contribution >= 0.6 is 0 Å². The first-order valence-electron chi connectivity index (χ1n) is 9.82. The quantitative estimate of drug-likeness (QED) is 0.603. The summed E-state index contributed by atoms with van der Waals surface area (Å²) in [5, 5.41) is 10.2. The van der Waals surface area contributed by atoms with Gasteiger partial charge in [-0.1, -0.05) is 6.58 Å². The number of likely N-dealkylation sites (tertiary alicyclic amines) is 1. The highest BCUT2D eigenvalue weighted by Gasteiger charge is 2.22. The molecule has 2 aromatic heterocycles. The first kappa shape index (κ1) is 18.5. The van der Waals surface area contributed by atoms with Crippen molar-refractivity contribution in [1.29, 1.82) is 0 Å². The van der Waals surface area contributed by atoms with Crippen LogP contribution < -0.4 is 16.0 Å². The normalized spacial score (nSPS) is 21.0. The minimum Gasteiger partial charge on any atom is -0.378 e. The Morgan fingerprint density at radius 2 is 2.21 bits per heavy atom. The molecule has 0 radical (unpaired) electrons. The molecule has 1 fully saturated rings. The average molecular weight is 381 g/mol. The molecule has 0 spiro atoms. The van der Waals surface area contributed by atoms with Crippen molar-refractivity contribution in [2.24, 2.45) is 0 Å². The third-order valence-electron chi connectivity index (χ3n) is 5.42. The van der Waals surface area contributed by atoms with E-state index < -0.39 is 0 Å². The number of carbonyl (C=O) groups is 1. The zero-order chi connectivity index (χ0) is 19.5. The van der Waals surface area contributed by atoms with Crippen molar-refractivity contribution in [3.8, 4) is 0 Å². The molecule has 2 aliphatic heterocycles. The Bertz CT molecular complexity index is 895. The van der Waals surface area contributed by atoms with Crippen molar-refractivity contribution >= 4 is 28.5 Å². The van der Waals surface area contributed by atoms with E-state index in [1.165, 1.54) is 11.6 Å². The molecule has 0 saturated carbocycles. The van der Waals surface area contributed by atoms with Gasteiger partial charge in [-0.2, -0.15) is 0 Å². The van der Waals surface area contributed by atoms with Crippen LogP contribution in [-0.4, -0.2) is 57.6 Å². The number of aromatic amines is 1. The minimum absolute atomic E-state index is 0.00521. The number of hydrogen-bond donors (Lipinski definition) is 4. The Kier molecular flexibility index (Phi) is 5.29. The molecule has 1 unspecified atom stereocenters. The predicted octanol–water partition coefficient (Wildman–Crippen LogP) is 1.82. The second-order valence-electron chi connectivity index (χ2n) is 7.46. The highest BCUT2D eigenvalue weighted by Crippen LogP contribution is 2.27. The molecular weight excluding hydrogens is 354 g/mol. The van der Waals surface area contributed by atoms with Crippen LogP contribution in [0.2, 0.25) is 0 Å². The lowest BCUT2D eigenvalue weighted by Crippen LogP contribution is -2.41. The van der Waals surface area contributed by atoms with Gasteiger partial charge in [0.05, 0.1) is 12.9 Å². The van der Waals surface area contributed by atoms with E-state index in [4.69, 9.17) is 4.98 Å². The lowest BCUT2D eigenvalue weighted by atomic mass is 10.0. The van der Waals surface area contributed by atoms with Crippen molar-refractivity contribution in [2.45, 2.75) is 38.3 Å². The number of aromatic nitrogens is 3. The van der Waals surface area contributed by atoms with Crippen LogP contribution in [0, 0.1) is 0 Å². The van der Waals surface area contributed by atoms with Crippen molar-refractivity contribution in [3.63, 3.8) is 0 Å².